The summed E-state index contributed by atoms with van der Waals surface area (Å²) in [6.07, 6.45) is 7.09. The van der Waals surface area contributed by atoms with E-state index in [2.05, 4.69) is 41.4 Å². The van der Waals surface area contributed by atoms with E-state index in [0.29, 0.717) is 5.78 Å². The molecule has 0 spiro atoms. The summed E-state index contributed by atoms with van der Waals surface area (Å²) in [5.41, 5.74) is 0.782. The van der Waals surface area contributed by atoms with Crippen molar-refractivity contribution in [3.8, 4) is 0 Å². The van der Waals surface area contributed by atoms with E-state index in [1.807, 2.05) is 0 Å². The molecule has 1 saturated heterocycles. The maximum atomic E-state index is 8.89. The molecule has 3 atom stereocenters. The third-order valence-corrected chi connectivity index (χ3v) is 8.04. The molecular weight excluding hydrogens is 335 g/mol. The normalized spacial score (nSPS) is 26.5. The van der Waals surface area contributed by atoms with E-state index in [9.17, 15) is 0 Å². The predicted octanol–water partition coefficient (Wildman–Crippen LogP) is 3.64. The van der Waals surface area contributed by atoms with E-state index < -0.39 is 8.32 Å². The van der Waals surface area contributed by atoms with Gasteiger partial charge in [0.1, 0.15) is 0 Å². The van der Waals surface area contributed by atoms with Crippen LogP contribution >= 0.6 is 0 Å². The van der Waals surface area contributed by atoms with Gasteiger partial charge in [-0.3, -0.25) is 4.79 Å². The number of fused-ring (bicyclic) bond motifs is 1. The molecule has 1 saturated carbocycles. The molecule has 0 aromatic heterocycles. The standard InChI is InChI=1S/C12H24O2Si.C6H10O2.Al/c1-4-13-15(2,3)8-7-10-5-6-11-12(9-10)14-11;1-4(5(2)7)6(3)8;/h10-12H,4-9H2,1-3H3;7H,1-3H3;/q;;+1/p+1/b;5-4-;. The largest absolute Gasteiger partial charge is 0.656 e. The number of ketones is 1. The predicted molar refractivity (Wildman–Crippen MR) is 103 cm³/mol. The zero-order chi connectivity index (χ0) is 18.3. The second kappa shape index (κ2) is 10.1. The molecule has 1 aliphatic heterocycles. The van der Waals surface area contributed by atoms with Crippen molar-refractivity contribution < 1.29 is 17.7 Å². The summed E-state index contributed by atoms with van der Waals surface area (Å²) in [6, 6.07) is 1.34. The van der Waals surface area contributed by atoms with E-state index in [1.165, 1.54) is 31.7 Å². The average Bonchev–Trinajstić information content (AvgIpc) is 3.30. The highest BCUT2D eigenvalue weighted by Crippen LogP contribution is 2.39. The van der Waals surface area contributed by atoms with Crippen LogP contribution in [0.2, 0.25) is 19.1 Å². The summed E-state index contributed by atoms with van der Waals surface area (Å²) in [7, 11) is -1.33. The third kappa shape index (κ3) is 7.84. The molecule has 1 aliphatic carbocycles. The molecule has 2 fully saturated rings. The Bertz CT molecular complexity index is 450. The first-order valence-corrected chi connectivity index (χ1v) is 12.7. The first kappa shape index (κ1) is 21.9. The maximum absolute atomic E-state index is 8.89. The second-order valence-corrected chi connectivity index (χ2v) is 12.1. The number of rotatable bonds is 7. The number of allylic oxidation sites excluding steroid dienone is 2. The van der Waals surface area contributed by atoms with Crippen molar-refractivity contribution in [1.29, 1.82) is 0 Å². The van der Waals surface area contributed by atoms with Gasteiger partial charge >= 0.3 is 22.4 Å². The lowest BCUT2D eigenvalue weighted by Crippen LogP contribution is -2.31. The van der Waals surface area contributed by atoms with Gasteiger partial charge in [-0.1, -0.05) is 6.42 Å². The summed E-state index contributed by atoms with van der Waals surface area (Å²) in [5, 5.41) is 0. The van der Waals surface area contributed by atoms with Gasteiger partial charge in [-0.05, 0) is 52.2 Å². The van der Waals surface area contributed by atoms with Crippen molar-refractivity contribution in [2.45, 2.75) is 84.7 Å². The van der Waals surface area contributed by atoms with E-state index in [-0.39, 0.29) is 0 Å². The van der Waals surface area contributed by atoms with Crippen LogP contribution in [0, 0.1) is 5.92 Å². The van der Waals surface area contributed by atoms with Crippen molar-refractivity contribution in [2.75, 3.05) is 6.61 Å². The molecule has 24 heavy (non-hydrogen) atoms. The van der Waals surface area contributed by atoms with Crippen LogP contribution < -0.4 is 0 Å². The van der Waals surface area contributed by atoms with Crippen LogP contribution in [0.1, 0.15) is 53.4 Å². The Hall–Kier alpha value is -0.121. The summed E-state index contributed by atoms with van der Waals surface area (Å²) < 4.78 is 15.2. The van der Waals surface area contributed by atoms with E-state index in [0.717, 1.165) is 36.1 Å². The zero-order valence-electron chi connectivity index (χ0n) is 16.3. The second-order valence-electron chi connectivity index (χ2n) is 7.58. The minimum absolute atomic E-state index is 0.301. The lowest BCUT2D eigenvalue weighted by Gasteiger charge is -2.25. The molecule has 6 heteroatoms. The highest BCUT2D eigenvalue weighted by molar-refractivity contribution is 6.71. The molecule has 3 unspecified atom stereocenters. The van der Waals surface area contributed by atoms with Crippen molar-refractivity contribution in [3.63, 3.8) is 0 Å². The van der Waals surface area contributed by atoms with Crippen molar-refractivity contribution in [2.24, 2.45) is 5.92 Å². The molecule has 2 aliphatic rings. The van der Waals surface area contributed by atoms with Crippen LogP contribution in [0.3, 0.4) is 0 Å². The lowest BCUT2D eigenvalue weighted by atomic mass is 9.88. The van der Waals surface area contributed by atoms with Crippen LogP contribution in [0.25, 0.3) is 0 Å². The van der Waals surface area contributed by atoms with Crippen molar-refractivity contribution in [3.05, 3.63) is 11.3 Å². The van der Waals surface area contributed by atoms with E-state index >= 15 is 0 Å². The Morgan fingerprint density at radius 1 is 1.21 bits per heavy atom. The van der Waals surface area contributed by atoms with Gasteiger partial charge in [0.2, 0.25) is 12.2 Å². The first-order valence-electron chi connectivity index (χ1n) is 9.11. The van der Waals surface area contributed by atoms with E-state index in [1.54, 1.807) is 20.8 Å². The SMILES string of the molecule is CC(=[OH+])/C(C)=C(/C)[O][Al].CCO[Si](C)(C)CCC1CCC2[OH+]C2C1. The average molecular weight is 371 g/mol. The maximum Gasteiger partial charge on any atom is 0.481 e. The van der Waals surface area contributed by atoms with Gasteiger partial charge in [-0.25, -0.2) is 0 Å². The highest BCUT2D eigenvalue weighted by Gasteiger charge is 2.51. The summed E-state index contributed by atoms with van der Waals surface area (Å²) in [6.45, 7) is 12.9. The van der Waals surface area contributed by atoms with Gasteiger partial charge < -0.3 is 13.0 Å². The number of carbonyl (C=O) groups excluding carboxylic acids is 1. The molecule has 0 bridgehead atoms. The Morgan fingerprint density at radius 3 is 2.33 bits per heavy atom. The smallest absolute Gasteiger partial charge is 0.481 e. The summed E-state index contributed by atoms with van der Waals surface area (Å²) >= 11 is 2.13. The van der Waals surface area contributed by atoms with Crippen LogP contribution in [-0.2, 0) is 8.21 Å². The van der Waals surface area contributed by atoms with Crippen LogP contribution in [0.15, 0.2) is 11.3 Å². The van der Waals surface area contributed by atoms with Gasteiger partial charge in [0.05, 0.1) is 18.3 Å². The molecule has 0 aromatic rings. The summed E-state index contributed by atoms with van der Waals surface area (Å²) in [4.78, 5) is 8.89. The van der Waals surface area contributed by atoms with Gasteiger partial charge in [-0.2, -0.15) is 0 Å². The molecule has 136 valence electrons. The molecule has 2 N–H and O–H groups in total. The molecule has 4 nitrogen and oxygen atoms in total. The number of ether oxygens (including phenoxy) is 1. The molecule has 2 rings (SSSR count). The topological polar surface area (TPSA) is 52.7 Å². The minimum atomic E-state index is -1.33. The fraction of sp³-hybridized carbons (Fsp3) is 0.833. The van der Waals surface area contributed by atoms with Crippen LogP contribution in [0.5, 0.6) is 0 Å². The molecule has 1 heterocycles. The quantitative estimate of drug-likeness (QED) is 0.226. The lowest BCUT2D eigenvalue weighted by molar-refractivity contribution is 0.170. The fourth-order valence-corrected chi connectivity index (χ4v) is 5.37. The Kier molecular flexibility index (Phi) is 9.25. The Morgan fingerprint density at radius 2 is 1.88 bits per heavy atom. The number of hydrogen-bond acceptors (Lipinski definition) is 2. The summed E-state index contributed by atoms with van der Waals surface area (Å²) in [5.74, 6) is 1.97. The van der Waals surface area contributed by atoms with Gasteiger partial charge in [0.15, 0.2) is 8.32 Å². The fourth-order valence-electron chi connectivity index (χ4n) is 3.17. The molecule has 2 radical (unpaired) electrons. The van der Waals surface area contributed by atoms with Crippen LogP contribution in [0.4, 0.5) is 0 Å². The first-order chi connectivity index (χ1) is 11.2. The van der Waals surface area contributed by atoms with Crippen molar-refractivity contribution >= 4 is 30.7 Å². The third-order valence-electron chi connectivity index (χ3n) is 5.12. The van der Waals surface area contributed by atoms with E-state index in [4.69, 9.17) is 13.0 Å². The monoisotopic (exact) mass is 370 g/mol. The Balaban J connectivity index is 0.000000277. The van der Waals surface area contributed by atoms with Crippen LogP contribution in [-0.4, -0.2) is 59.1 Å². The minimum Gasteiger partial charge on any atom is -0.656 e. The Labute approximate surface area is 157 Å². The van der Waals surface area contributed by atoms with Gasteiger partial charge in [0, 0.05) is 19.4 Å². The molecule has 0 aromatic carbocycles. The number of hydrogen-bond donors (Lipinski definition) is 0. The van der Waals surface area contributed by atoms with Gasteiger partial charge in [0.25, 0.3) is 0 Å². The van der Waals surface area contributed by atoms with Gasteiger partial charge in [-0.15, -0.1) is 0 Å². The number of epoxide rings is 1. The number of aliphatic hydroxyl groups is 2. The zero-order valence-corrected chi connectivity index (χ0v) is 18.4. The molecule has 0 amide bonds. The highest BCUT2D eigenvalue weighted by atomic mass is 28.4. The van der Waals surface area contributed by atoms with Crippen molar-refractivity contribution in [1.82, 2.24) is 0 Å². The molecular formula is C18H35AlO4Si+2.